The highest BCUT2D eigenvalue weighted by molar-refractivity contribution is 5.81. The number of benzene rings is 1. The van der Waals surface area contributed by atoms with Crippen molar-refractivity contribution in [3.05, 3.63) is 36.0 Å². The number of amides is 1. The quantitative estimate of drug-likeness (QED) is 0.785. The smallest absolute Gasteiger partial charge is 0.309 e. The van der Waals surface area contributed by atoms with Crippen LogP contribution in [-0.2, 0) is 27.8 Å². The maximum atomic E-state index is 12.4. The van der Waals surface area contributed by atoms with E-state index in [1.54, 1.807) is 0 Å². The third-order valence-corrected chi connectivity index (χ3v) is 5.04. The summed E-state index contributed by atoms with van der Waals surface area (Å²) in [5.41, 5.74) is 2.39. The van der Waals surface area contributed by atoms with Gasteiger partial charge in [-0.05, 0) is 55.3 Å². The highest BCUT2D eigenvalue weighted by Gasteiger charge is 2.27. The topological polar surface area (TPSA) is 51.5 Å². The van der Waals surface area contributed by atoms with E-state index in [0.717, 1.165) is 6.42 Å². The van der Waals surface area contributed by atoms with Gasteiger partial charge in [0.15, 0.2) is 0 Å². The van der Waals surface area contributed by atoms with Crippen LogP contribution in [0, 0.1) is 5.92 Å². The first kappa shape index (κ1) is 17.5. The summed E-state index contributed by atoms with van der Waals surface area (Å²) in [7, 11) is 2.03. The number of rotatable bonds is 5. The Labute approximate surface area is 148 Å². The first-order chi connectivity index (χ1) is 12.1. The van der Waals surface area contributed by atoms with Crippen molar-refractivity contribution in [2.24, 2.45) is 13.0 Å². The third kappa shape index (κ3) is 4.03. The Morgan fingerprint density at radius 1 is 1.20 bits per heavy atom. The molecule has 1 amide bonds. The summed E-state index contributed by atoms with van der Waals surface area (Å²) in [6, 6.07) is 8.47. The largest absolute Gasteiger partial charge is 0.466 e. The lowest BCUT2D eigenvalue weighted by atomic mass is 9.96. The molecule has 3 rings (SSSR count). The molecule has 0 bridgehead atoms. The van der Waals surface area contributed by atoms with Gasteiger partial charge in [-0.2, -0.15) is 0 Å². The summed E-state index contributed by atoms with van der Waals surface area (Å²) in [4.78, 5) is 26.1. The Morgan fingerprint density at radius 2 is 1.96 bits per heavy atom. The van der Waals surface area contributed by atoms with Crippen molar-refractivity contribution in [2.45, 2.75) is 32.6 Å². The van der Waals surface area contributed by atoms with Crippen LogP contribution in [-0.4, -0.2) is 41.0 Å². The molecule has 1 aromatic heterocycles. The molecule has 2 heterocycles. The third-order valence-electron chi connectivity index (χ3n) is 5.04. The van der Waals surface area contributed by atoms with Gasteiger partial charge in [-0.15, -0.1) is 0 Å². The number of ether oxygens (including phenoxy) is 1. The van der Waals surface area contributed by atoms with E-state index in [4.69, 9.17) is 4.74 Å². The molecule has 1 saturated heterocycles. The van der Waals surface area contributed by atoms with Gasteiger partial charge in [0, 0.05) is 38.3 Å². The van der Waals surface area contributed by atoms with Crippen LogP contribution in [0.2, 0.25) is 0 Å². The van der Waals surface area contributed by atoms with E-state index >= 15 is 0 Å². The molecule has 0 unspecified atom stereocenters. The maximum absolute atomic E-state index is 12.4. The molecular weight excluding hydrogens is 316 g/mol. The summed E-state index contributed by atoms with van der Waals surface area (Å²) < 4.78 is 7.17. The van der Waals surface area contributed by atoms with E-state index in [0.29, 0.717) is 39.0 Å². The van der Waals surface area contributed by atoms with Gasteiger partial charge in [-0.1, -0.05) is 6.07 Å². The molecule has 2 aromatic rings. The second-order valence-corrected chi connectivity index (χ2v) is 6.73. The Kier molecular flexibility index (Phi) is 5.41. The molecule has 1 aliphatic heterocycles. The normalized spacial score (nSPS) is 15.5. The second-order valence-electron chi connectivity index (χ2n) is 6.73. The fourth-order valence-corrected chi connectivity index (χ4v) is 3.52. The molecular formula is C20H26N2O3. The highest BCUT2D eigenvalue weighted by atomic mass is 16.5. The molecule has 5 nitrogen and oxygen atoms in total. The minimum atomic E-state index is -0.120. The zero-order valence-electron chi connectivity index (χ0n) is 15.0. The molecule has 0 atom stereocenters. The van der Waals surface area contributed by atoms with Crippen molar-refractivity contribution in [3.63, 3.8) is 0 Å². The maximum Gasteiger partial charge on any atom is 0.309 e. The molecule has 25 heavy (non-hydrogen) atoms. The summed E-state index contributed by atoms with van der Waals surface area (Å²) >= 11 is 0. The first-order valence-electron chi connectivity index (χ1n) is 9.07. The van der Waals surface area contributed by atoms with Gasteiger partial charge in [0.05, 0.1) is 12.5 Å². The highest BCUT2D eigenvalue weighted by Crippen LogP contribution is 2.21. The van der Waals surface area contributed by atoms with E-state index in [-0.39, 0.29) is 17.8 Å². The van der Waals surface area contributed by atoms with Gasteiger partial charge in [0.1, 0.15) is 0 Å². The van der Waals surface area contributed by atoms with E-state index in [9.17, 15) is 9.59 Å². The Bertz CT molecular complexity index is 757. The predicted octanol–water partition coefficient (Wildman–Crippen LogP) is 2.91. The number of carbonyl (C=O) groups excluding carboxylic acids is 2. The van der Waals surface area contributed by atoms with Crippen molar-refractivity contribution < 1.29 is 14.3 Å². The minimum absolute atomic E-state index is 0.0514. The number of piperidine rings is 1. The average molecular weight is 342 g/mol. The Balaban J connectivity index is 1.50. The van der Waals surface area contributed by atoms with Crippen molar-refractivity contribution in [1.82, 2.24) is 9.47 Å². The molecule has 1 aliphatic rings. The lowest BCUT2D eigenvalue weighted by Gasteiger charge is -2.31. The Morgan fingerprint density at radius 3 is 2.68 bits per heavy atom. The molecule has 5 heteroatoms. The van der Waals surface area contributed by atoms with Crippen LogP contribution in [0.5, 0.6) is 0 Å². The van der Waals surface area contributed by atoms with Gasteiger partial charge >= 0.3 is 5.97 Å². The fourth-order valence-electron chi connectivity index (χ4n) is 3.52. The van der Waals surface area contributed by atoms with Crippen LogP contribution in [0.4, 0.5) is 0 Å². The molecule has 1 fully saturated rings. The van der Waals surface area contributed by atoms with Crippen molar-refractivity contribution in [1.29, 1.82) is 0 Å². The molecule has 1 aromatic carbocycles. The van der Waals surface area contributed by atoms with Crippen LogP contribution < -0.4 is 0 Å². The molecule has 0 saturated carbocycles. The number of likely N-dealkylation sites (tertiary alicyclic amines) is 1. The summed E-state index contributed by atoms with van der Waals surface area (Å²) in [5, 5.41) is 1.21. The van der Waals surface area contributed by atoms with Gasteiger partial charge in [0.2, 0.25) is 5.91 Å². The van der Waals surface area contributed by atoms with E-state index in [1.165, 1.54) is 16.5 Å². The molecule has 0 spiro atoms. The lowest BCUT2D eigenvalue weighted by molar-refractivity contribution is -0.151. The zero-order valence-corrected chi connectivity index (χ0v) is 15.0. The summed E-state index contributed by atoms with van der Waals surface area (Å²) in [6.45, 7) is 3.55. The number of fused-ring (bicyclic) bond motifs is 1. The SMILES string of the molecule is CCOC(=O)C1CCN(C(=O)CCc2ccc3c(ccn3C)c2)CC1. The number of carbonyl (C=O) groups is 2. The average Bonchev–Trinajstić information content (AvgIpc) is 3.00. The monoisotopic (exact) mass is 342 g/mol. The fraction of sp³-hybridized carbons (Fsp3) is 0.500. The van der Waals surface area contributed by atoms with Crippen molar-refractivity contribution >= 4 is 22.8 Å². The van der Waals surface area contributed by atoms with Gasteiger partial charge in [-0.3, -0.25) is 9.59 Å². The molecule has 0 aliphatic carbocycles. The van der Waals surface area contributed by atoms with Crippen LogP contribution in [0.1, 0.15) is 31.7 Å². The standard InChI is InChI=1S/C20H26N2O3/c1-3-25-20(24)16-9-12-22(13-10-16)19(23)7-5-15-4-6-18-17(14-15)8-11-21(18)2/h4,6,8,11,14,16H,3,5,7,9-10,12-13H2,1-2H3. The van der Waals surface area contributed by atoms with Crippen molar-refractivity contribution in [3.8, 4) is 0 Å². The van der Waals surface area contributed by atoms with Crippen molar-refractivity contribution in [2.75, 3.05) is 19.7 Å². The molecule has 0 N–H and O–H groups in total. The minimum Gasteiger partial charge on any atom is -0.466 e. The second kappa shape index (κ2) is 7.72. The number of hydrogen-bond donors (Lipinski definition) is 0. The van der Waals surface area contributed by atoms with Crippen LogP contribution in [0.25, 0.3) is 10.9 Å². The van der Waals surface area contributed by atoms with Gasteiger partial charge in [0.25, 0.3) is 0 Å². The zero-order chi connectivity index (χ0) is 17.8. The Hall–Kier alpha value is -2.30. The number of esters is 1. The summed E-state index contributed by atoms with van der Waals surface area (Å²) in [6.07, 6.45) is 4.73. The van der Waals surface area contributed by atoms with Gasteiger partial charge in [-0.25, -0.2) is 0 Å². The van der Waals surface area contributed by atoms with E-state index in [2.05, 4.69) is 28.8 Å². The summed E-state index contributed by atoms with van der Waals surface area (Å²) in [5.74, 6) is 0.00529. The predicted molar refractivity (Wildman–Crippen MR) is 97.2 cm³/mol. The molecule has 134 valence electrons. The lowest BCUT2D eigenvalue weighted by Crippen LogP contribution is -2.40. The van der Waals surface area contributed by atoms with Crippen LogP contribution in [0.15, 0.2) is 30.5 Å². The number of hydrogen-bond acceptors (Lipinski definition) is 3. The van der Waals surface area contributed by atoms with Gasteiger partial charge < -0.3 is 14.2 Å². The van der Waals surface area contributed by atoms with Crippen LogP contribution in [0.3, 0.4) is 0 Å². The van der Waals surface area contributed by atoms with E-state index < -0.39 is 0 Å². The number of aryl methyl sites for hydroxylation is 2. The molecule has 0 radical (unpaired) electrons. The first-order valence-corrected chi connectivity index (χ1v) is 9.07. The van der Waals surface area contributed by atoms with Crippen LogP contribution >= 0.6 is 0 Å². The van der Waals surface area contributed by atoms with E-state index in [1.807, 2.05) is 25.1 Å². The number of nitrogens with zero attached hydrogens (tertiary/aromatic N) is 2. The number of aromatic nitrogens is 1.